The molecule has 3 rings (SSSR count). The molecule has 1 saturated heterocycles. The smallest absolute Gasteiger partial charge is 0.225 e. The lowest BCUT2D eigenvalue weighted by Gasteiger charge is -2.35. The lowest BCUT2D eigenvalue weighted by atomic mass is 10.2. The van der Waals surface area contributed by atoms with Crippen molar-refractivity contribution >= 4 is 21.7 Å². The van der Waals surface area contributed by atoms with E-state index < -0.39 is 9.84 Å². The second kappa shape index (κ2) is 7.69. The lowest BCUT2D eigenvalue weighted by molar-refractivity contribution is 0.378. The van der Waals surface area contributed by atoms with Crippen molar-refractivity contribution in [2.24, 2.45) is 10.7 Å². The quantitative estimate of drug-likeness (QED) is 0.614. The standard InChI is InChI=1S/C17H22N6O2S/c1-26(24,25)15-5-3-14(4-6-15)13-21-16(18)22-9-11-23(12-10-22)17-19-7-2-8-20-17/h2-8H,9-13H2,1H3,(H2,18,21). The van der Waals surface area contributed by atoms with Crippen LogP contribution in [0.1, 0.15) is 5.56 Å². The fraction of sp³-hybridized carbons (Fsp3) is 0.353. The zero-order valence-electron chi connectivity index (χ0n) is 14.6. The molecule has 0 unspecified atom stereocenters. The van der Waals surface area contributed by atoms with Crippen molar-refractivity contribution in [1.29, 1.82) is 0 Å². The van der Waals surface area contributed by atoms with Gasteiger partial charge < -0.3 is 15.5 Å². The maximum atomic E-state index is 11.5. The van der Waals surface area contributed by atoms with Crippen molar-refractivity contribution in [3.05, 3.63) is 48.3 Å². The van der Waals surface area contributed by atoms with Gasteiger partial charge in [0.1, 0.15) is 0 Å². The second-order valence-electron chi connectivity index (χ2n) is 6.11. The third-order valence-electron chi connectivity index (χ3n) is 4.21. The Balaban J connectivity index is 1.56. The summed E-state index contributed by atoms with van der Waals surface area (Å²) in [5.41, 5.74) is 7.02. The molecular formula is C17H22N6O2S. The van der Waals surface area contributed by atoms with E-state index in [1.165, 1.54) is 6.26 Å². The fourth-order valence-electron chi connectivity index (χ4n) is 2.70. The molecule has 0 aliphatic carbocycles. The predicted molar refractivity (Wildman–Crippen MR) is 101 cm³/mol. The van der Waals surface area contributed by atoms with Gasteiger partial charge in [-0.15, -0.1) is 0 Å². The van der Waals surface area contributed by atoms with Gasteiger partial charge >= 0.3 is 0 Å². The van der Waals surface area contributed by atoms with E-state index in [1.807, 2.05) is 4.90 Å². The van der Waals surface area contributed by atoms with Crippen LogP contribution in [0.4, 0.5) is 5.95 Å². The highest BCUT2D eigenvalue weighted by atomic mass is 32.2. The average Bonchev–Trinajstić information content (AvgIpc) is 2.66. The van der Waals surface area contributed by atoms with E-state index in [4.69, 9.17) is 5.73 Å². The van der Waals surface area contributed by atoms with Gasteiger partial charge in [-0.2, -0.15) is 0 Å². The van der Waals surface area contributed by atoms with Crippen molar-refractivity contribution in [3.8, 4) is 0 Å². The number of sulfone groups is 1. The van der Waals surface area contributed by atoms with Crippen LogP contribution in [0.25, 0.3) is 0 Å². The van der Waals surface area contributed by atoms with Gasteiger partial charge in [0.2, 0.25) is 5.95 Å². The molecule has 0 radical (unpaired) electrons. The minimum absolute atomic E-state index is 0.303. The van der Waals surface area contributed by atoms with Gasteiger partial charge in [0.25, 0.3) is 0 Å². The first kappa shape index (κ1) is 18.1. The molecule has 1 aliphatic rings. The Morgan fingerprint density at radius 2 is 1.73 bits per heavy atom. The number of nitrogens with two attached hydrogens (primary N) is 1. The first-order chi connectivity index (χ1) is 12.4. The fourth-order valence-corrected chi connectivity index (χ4v) is 3.33. The van der Waals surface area contributed by atoms with Crippen LogP contribution in [0.2, 0.25) is 0 Å². The van der Waals surface area contributed by atoms with Crippen molar-refractivity contribution in [2.75, 3.05) is 37.3 Å². The number of nitrogens with zero attached hydrogens (tertiary/aromatic N) is 5. The Morgan fingerprint density at radius 3 is 2.31 bits per heavy atom. The van der Waals surface area contributed by atoms with Gasteiger partial charge in [-0.3, -0.25) is 0 Å². The third kappa shape index (κ3) is 4.48. The molecule has 8 nitrogen and oxygen atoms in total. The number of hydrogen-bond donors (Lipinski definition) is 1. The van der Waals surface area contributed by atoms with Crippen molar-refractivity contribution in [3.63, 3.8) is 0 Å². The molecule has 138 valence electrons. The highest BCUT2D eigenvalue weighted by Gasteiger charge is 2.19. The van der Waals surface area contributed by atoms with E-state index in [0.29, 0.717) is 17.4 Å². The molecule has 2 aromatic rings. The molecule has 0 saturated carbocycles. The summed E-state index contributed by atoms with van der Waals surface area (Å²) in [5, 5.41) is 0. The summed E-state index contributed by atoms with van der Waals surface area (Å²) in [6.07, 6.45) is 4.66. The first-order valence-electron chi connectivity index (χ1n) is 8.29. The summed E-state index contributed by atoms with van der Waals surface area (Å²) in [6.45, 7) is 3.48. The molecule has 1 aromatic carbocycles. The predicted octanol–water partition coefficient (Wildman–Crippen LogP) is 0.517. The second-order valence-corrected chi connectivity index (χ2v) is 8.13. The number of anilines is 1. The lowest BCUT2D eigenvalue weighted by Crippen LogP contribution is -2.51. The molecule has 0 bridgehead atoms. The summed E-state index contributed by atoms with van der Waals surface area (Å²) in [7, 11) is -3.18. The summed E-state index contributed by atoms with van der Waals surface area (Å²) in [4.78, 5) is 17.4. The van der Waals surface area contributed by atoms with Crippen LogP contribution in [-0.2, 0) is 16.4 Å². The minimum Gasteiger partial charge on any atom is -0.370 e. The van der Waals surface area contributed by atoms with E-state index in [9.17, 15) is 8.42 Å². The van der Waals surface area contributed by atoms with E-state index in [0.717, 1.165) is 37.7 Å². The van der Waals surface area contributed by atoms with Crippen LogP contribution in [-0.4, -0.2) is 61.7 Å². The average molecular weight is 374 g/mol. The van der Waals surface area contributed by atoms with Gasteiger partial charge in [-0.05, 0) is 23.8 Å². The Labute approximate surface area is 153 Å². The molecule has 0 spiro atoms. The number of hydrogen-bond acceptors (Lipinski definition) is 6. The molecule has 2 heterocycles. The van der Waals surface area contributed by atoms with Crippen LogP contribution >= 0.6 is 0 Å². The highest BCUT2D eigenvalue weighted by molar-refractivity contribution is 7.90. The van der Waals surface area contributed by atoms with Crippen molar-refractivity contribution in [2.45, 2.75) is 11.4 Å². The van der Waals surface area contributed by atoms with E-state index in [-0.39, 0.29) is 0 Å². The number of guanidine groups is 1. The zero-order valence-corrected chi connectivity index (χ0v) is 15.4. The molecule has 0 atom stereocenters. The first-order valence-corrected chi connectivity index (χ1v) is 10.2. The Bertz CT molecular complexity index is 860. The largest absolute Gasteiger partial charge is 0.370 e. The number of aromatic nitrogens is 2. The Kier molecular flexibility index (Phi) is 5.36. The Morgan fingerprint density at radius 1 is 1.12 bits per heavy atom. The molecule has 1 fully saturated rings. The molecule has 26 heavy (non-hydrogen) atoms. The number of aliphatic imine (C=N–C) groups is 1. The van der Waals surface area contributed by atoms with Crippen LogP contribution < -0.4 is 10.6 Å². The maximum Gasteiger partial charge on any atom is 0.225 e. The van der Waals surface area contributed by atoms with Crippen LogP contribution in [0.15, 0.2) is 52.6 Å². The summed E-state index contributed by atoms with van der Waals surface area (Å²) in [5.74, 6) is 1.22. The maximum absolute atomic E-state index is 11.5. The van der Waals surface area contributed by atoms with Gasteiger partial charge in [-0.1, -0.05) is 12.1 Å². The summed E-state index contributed by atoms with van der Waals surface area (Å²) in [6, 6.07) is 8.51. The SMILES string of the molecule is CS(=O)(=O)c1ccc(CN=C(N)N2CCN(c3ncccn3)CC2)cc1. The normalized spacial score (nSPS) is 16.0. The van der Waals surface area contributed by atoms with E-state index in [1.54, 1.807) is 42.7 Å². The molecule has 2 N–H and O–H groups in total. The number of benzene rings is 1. The number of rotatable bonds is 4. The molecule has 1 aliphatic heterocycles. The molecular weight excluding hydrogens is 352 g/mol. The van der Waals surface area contributed by atoms with E-state index >= 15 is 0 Å². The van der Waals surface area contributed by atoms with Gasteiger partial charge in [0.05, 0.1) is 11.4 Å². The van der Waals surface area contributed by atoms with E-state index in [2.05, 4.69) is 19.9 Å². The third-order valence-corrected chi connectivity index (χ3v) is 5.34. The van der Waals surface area contributed by atoms with Crippen LogP contribution in [0, 0.1) is 0 Å². The molecule has 9 heteroatoms. The summed E-state index contributed by atoms with van der Waals surface area (Å²) >= 11 is 0. The summed E-state index contributed by atoms with van der Waals surface area (Å²) < 4.78 is 23.0. The Hall–Kier alpha value is -2.68. The zero-order chi connectivity index (χ0) is 18.6. The van der Waals surface area contributed by atoms with Gasteiger partial charge in [0, 0.05) is 44.8 Å². The monoisotopic (exact) mass is 374 g/mol. The molecule has 0 amide bonds. The minimum atomic E-state index is -3.18. The van der Waals surface area contributed by atoms with Crippen molar-refractivity contribution in [1.82, 2.24) is 14.9 Å². The highest BCUT2D eigenvalue weighted by Crippen LogP contribution is 2.12. The number of piperazine rings is 1. The van der Waals surface area contributed by atoms with Crippen LogP contribution in [0.3, 0.4) is 0 Å². The van der Waals surface area contributed by atoms with Gasteiger partial charge in [0.15, 0.2) is 15.8 Å². The van der Waals surface area contributed by atoms with Crippen LogP contribution in [0.5, 0.6) is 0 Å². The van der Waals surface area contributed by atoms with Gasteiger partial charge in [-0.25, -0.2) is 23.4 Å². The topological polar surface area (TPSA) is 105 Å². The molecule has 1 aromatic heterocycles. The van der Waals surface area contributed by atoms with Crippen molar-refractivity contribution < 1.29 is 8.42 Å².